The standard InChI is InChI=1S/C19H13N3O/c1-23-11-6-7-16-14(10-11)17-19(22-16)18-13(8-9-20-17)12-4-2-3-5-15(12)21-18/h2-10,21H,1H3. The molecule has 1 aromatic heterocycles. The summed E-state index contributed by atoms with van der Waals surface area (Å²) in [5, 5.41) is 3.33. The van der Waals surface area contributed by atoms with Crippen molar-refractivity contribution in [3.63, 3.8) is 0 Å². The fraction of sp³-hybridized carbons (Fsp3) is 0.0526. The molecule has 2 aliphatic heterocycles. The molecule has 0 spiro atoms. The zero-order chi connectivity index (χ0) is 15.4. The van der Waals surface area contributed by atoms with Gasteiger partial charge in [-0.15, -0.1) is 0 Å². The molecule has 0 atom stereocenters. The molecule has 3 heterocycles. The number of aromatic amines is 1. The molecule has 23 heavy (non-hydrogen) atoms. The van der Waals surface area contributed by atoms with E-state index < -0.39 is 0 Å². The predicted molar refractivity (Wildman–Crippen MR) is 92.1 cm³/mol. The van der Waals surface area contributed by atoms with Crippen LogP contribution in [0.5, 0.6) is 5.75 Å². The normalized spacial score (nSPS) is 11.7. The summed E-state index contributed by atoms with van der Waals surface area (Å²) >= 11 is 0. The Bertz CT molecular complexity index is 1160. The highest BCUT2D eigenvalue weighted by Gasteiger charge is 2.18. The number of fused-ring (bicyclic) bond motifs is 7. The fourth-order valence-electron chi connectivity index (χ4n) is 3.25. The summed E-state index contributed by atoms with van der Waals surface area (Å²) in [6.45, 7) is 0. The Balaban J connectivity index is 1.96. The molecule has 2 aromatic carbocycles. The van der Waals surface area contributed by atoms with Gasteiger partial charge in [0.2, 0.25) is 0 Å². The highest BCUT2D eigenvalue weighted by Crippen LogP contribution is 2.37. The molecule has 0 fully saturated rings. The van der Waals surface area contributed by atoms with Gasteiger partial charge in [0.15, 0.2) is 0 Å². The van der Waals surface area contributed by atoms with E-state index in [0.717, 1.165) is 44.5 Å². The lowest BCUT2D eigenvalue weighted by Gasteiger charge is -1.98. The van der Waals surface area contributed by atoms with Gasteiger partial charge in [0.05, 0.1) is 18.1 Å². The van der Waals surface area contributed by atoms with Crippen LogP contribution < -0.4 is 4.74 Å². The van der Waals surface area contributed by atoms with Crippen LogP contribution in [0, 0.1) is 0 Å². The van der Waals surface area contributed by atoms with Crippen molar-refractivity contribution in [3.05, 3.63) is 54.7 Å². The summed E-state index contributed by atoms with van der Waals surface area (Å²) in [5.74, 6) is 0.813. The van der Waals surface area contributed by atoms with E-state index in [-0.39, 0.29) is 0 Å². The molecule has 5 rings (SSSR count). The van der Waals surface area contributed by atoms with Crippen LogP contribution in [0.25, 0.3) is 44.1 Å². The number of hydrogen-bond donors (Lipinski definition) is 1. The highest BCUT2D eigenvalue weighted by molar-refractivity contribution is 6.13. The van der Waals surface area contributed by atoms with Crippen LogP contribution in [0.4, 0.5) is 0 Å². The largest absolute Gasteiger partial charge is 0.497 e. The van der Waals surface area contributed by atoms with Crippen LogP contribution in [0.1, 0.15) is 0 Å². The third kappa shape index (κ3) is 1.66. The summed E-state index contributed by atoms with van der Waals surface area (Å²) in [5.41, 5.74) is 4.85. The van der Waals surface area contributed by atoms with Crippen LogP contribution >= 0.6 is 0 Å². The topological polar surface area (TPSA) is 50.8 Å². The lowest BCUT2D eigenvalue weighted by Crippen LogP contribution is -1.81. The van der Waals surface area contributed by atoms with E-state index in [9.17, 15) is 0 Å². The first kappa shape index (κ1) is 12.4. The van der Waals surface area contributed by atoms with Gasteiger partial charge in [-0.1, -0.05) is 18.2 Å². The fourth-order valence-corrected chi connectivity index (χ4v) is 3.25. The van der Waals surface area contributed by atoms with E-state index in [0.29, 0.717) is 0 Å². The van der Waals surface area contributed by atoms with Gasteiger partial charge in [-0.3, -0.25) is 4.98 Å². The minimum Gasteiger partial charge on any atom is -0.497 e. The van der Waals surface area contributed by atoms with Crippen LogP contribution in [0.3, 0.4) is 0 Å². The SMILES string of the molecule is COc1ccc2nc3c4[nH]c5ccccc5c4ccnc-3c2c1. The van der Waals surface area contributed by atoms with E-state index in [1.807, 2.05) is 42.6 Å². The van der Waals surface area contributed by atoms with Gasteiger partial charge in [-0.2, -0.15) is 0 Å². The summed E-state index contributed by atoms with van der Waals surface area (Å²) in [6, 6.07) is 16.2. The number of rotatable bonds is 1. The lowest BCUT2D eigenvalue weighted by molar-refractivity contribution is 0.415. The lowest BCUT2D eigenvalue weighted by atomic mass is 10.1. The molecule has 0 unspecified atom stereocenters. The number of hydrogen-bond acceptors (Lipinski definition) is 3. The van der Waals surface area contributed by atoms with Gasteiger partial charge in [-0.25, -0.2) is 4.98 Å². The van der Waals surface area contributed by atoms with Crippen molar-refractivity contribution in [1.82, 2.24) is 15.0 Å². The van der Waals surface area contributed by atoms with Gasteiger partial charge in [-0.05, 0) is 30.3 Å². The molecule has 0 radical (unpaired) electrons. The molecule has 3 aromatic rings. The maximum atomic E-state index is 5.34. The van der Waals surface area contributed by atoms with E-state index in [4.69, 9.17) is 9.72 Å². The third-order valence-corrected chi connectivity index (χ3v) is 4.34. The maximum absolute atomic E-state index is 5.34. The van der Waals surface area contributed by atoms with Crippen LogP contribution in [-0.2, 0) is 0 Å². The molecular formula is C19H13N3O. The van der Waals surface area contributed by atoms with Crippen molar-refractivity contribution in [2.75, 3.05) is 7.11 Å². The number of methoxy groups -OCH3 is 1. The smallest absolute Gasteiger partial charge is 0.119 e. The van der Waals surface area contributed by atoms with Crippen LogP contribution in [-0.4, -0.2) is 22.1 Å². The molecule has 2 aliphatic rings. The second kappa shape index (κ2) is 4.43. The third-order valence-electron chi connectivity index (χ3n) is 4.34. The van der Waals surface area contributed by atoms with Gasteiger partial charge in [0, 0.05) is 27.9 Å². The Labute approximate surface area is 132 Å². The summed E-state index contributed by atoms with van der Waals surface area (Å²) in [4.78, 5) is 12.9. The second-order valence-electron chi connectivity index (χ2n) is 5.60. The Morgan fingerprint density at radius 2 is 1.83 bits per heavy atom. The molecule has 110 valence electrons. The minimum absolute atomic E-state index is 0.813. The summed E-state index contributed by atoms with van der Waals surface area (Å²) in [7, 11) is 1.67. The number of nitrogens with zero attached hydrogens (tertiary/aromatic N) is 2. The number of nitrogens with one attached hydrogen (secondary N) is 1. The first-order chi connectivity index (χ1) is 11.3. The van der Waals surface area contributed by atoms with Crippen molar-refractivity contribution < 1.29 is 4.74 Å². The van der Waals surface area contributed by atoms with E-state index in [1.54, 1.807) is 7.11 Å². The van der Waals surface area contributed by atoms with Crippen molar-refractivity contribution in [2.45, 2.75) is 0 Å². The molecular weight excluding hydrogens is 286 g/mol. The number of aromatic nitrogens is 3. The predicted octanol–water partition coefficient (Wildman–Crippen LogP) is 4.38. The highest BCUT2D eigenvalue weighted by atomic mass is 16.5. The Hall–Kier alpha value is -3.14. The van der Waals surface area contributed by atoms with Gasteiger partial charge >= 0.3 is 0 Å². The molecule has 4 nitrogen and oxygen atoms in total. The van der Waals surface area contributed by atoms with Gasteiger partial charge in [0.25, 0.3) is 0 Å². The van der Waals surface area contributed by atoms with E-state index >= 15 is 0 Å². The average molecular weight is 299 g/mol. The Kier molecular flexibility index (Phi) is 2.39. The Morgan fingerprint density at radius 1 is 0.913 bits per heavy atom. The Morgan fingerprint density at radius 3 is 2.74 bits per heavy atom. The van der Waals surface area contributed by atoms with E-state index in [2.05, 4.69) is 22.1 Å². The van der Waals surface area contributed by atoms with Crippen molar-refractivity contribution in [2.24, 2.45) is 0 Å². The first-order valence-corrected chi connectivity index (χ1v) is 7.48. The zero-order valence-electron chi connectivity index (χ0n) is 12.5. The quantitative estimate of drug-likeness (QED) is 0.500. The first-order valence-electron chi connectivity index (χ1n) is 7.48. The number of ether oxygens (including phenoxy) is 1. The molecule has 0 amide bonds. The van der Waals surface area contributed by atoms with Crippen LogP contribution in [0.15, 0.2) is 54.7 Å². The second-order valence-corrected chi connectivity index (χ2v) is 5.60. The van der Waals surface area contributed by atoms with Crippen molar-refractivity contribution >= 4 is 32.7 Å². The van der Waals surface area contributed by atoms with E-state index in [1.165, 1.54) is 5.39 Å². The molecule has 0 saturated carbocycles. The zero-order valence-corrected chi connectivity index (χ0v) is 12.5. The molecule has 0 bridgehead atoms. The average Bonchev–Trinajstić information content (AvgIpc) is 3.08. The molecule has 4 heteroatoms. The van der Waals surface area contributed by atoms with Crippen molar-refractivity contribution in [1.29, 1.82) is 0 Å². The minimum atomic E-state index is 0.813. The maximum Gasteiger partial charge on any atom is 0.119 e. The monoisotopic (exact) mass is 299 g/mol. The molecule has 1 N–H and O–H groups in total. The summed E-state index contributed by atoms with van der Waals surface area (Å²) in [6.07, 6.45) is 1.85. The van der Waals surface area contributed by atoms with Crippen molar-refractivity contribution in [3.8, 4) is 17.1 Å². The number of H-pyrrole nitrogens is 1. The van der Waals surface area contributed by atoms with Gasteiger partial charge < -0.3 is 9.72 Å². The number of para-hydroxylation sites is 1. The molecule has 0 aliphatic carbocycles. The van der Waals surface area contributed by atoms with Crippen LogP contribution in [0.2, 0.25) is 0 Å². The molecule has 0 saturated heterocycles. The van der Waals surface area contributed by atoms with Gasteiger partial charge in [0.1, 0.15) is 17.1 Å². The summed E-state index contributed by atoms with van der Waals surface area (Å²) < 4.78 is 5.34. The number of benzene rings is 2.